The van der Waals surface area contributed by atoms with Crippen LogP contribution in [0.1, 0.15) is 36.1 Å². The number of aromatic nitrogens is 2. The van der Waals surface area contributed by atoms with Gasteiger partial charge in [-0.3, -0.25) is 4.79 Å². The maximum atomic E-state index is 12.4. The molecule has 0 aliphatic heterocycles. The summed E-state index contributed by atoms with van der Waals surface area (Å²) in [5, 5.41) is 18.9. The minimum absolute atomic E-state index is 0.0209. The number of rotatable bonds is 5. The smallest absolute Gasteiger partial charge is 0.357 e. The second-order valence-electron chi connectivity index (χ2n) is 4.69. The molecule has 0 saturated carbocycles. The molecule has 0 saturated heterocycles. The third-order valence-electron chi connectivity index (χ3n) is 3.22. The summed E-state index contributed by atoms with van der Waals surface area (Å²) in [4.78, 5) is 46.4. The summed E-state index contributed by atoms with van der Waals surface area (Å²) in [5.41, 5.74) is -0.0401. The van der Waals surface area contributed by atoms with Gasteiger partial charge >= 0.3 is 17.8 Å². The third-order valence-corrected chi connectivity index (χ3v) is 5.16. The zero-order valence-electron chi connectivity index (χ0n) is 13.5. The summed E-state index contributed by atoms with van der Waals surface area (Å²) in [7, 11) is 2.33. The Labute approximate surface area is 157 Å². The fourth-order valence-electron chi connectivity index (χ4n) is 1.99. The van der Waals surface area contributed by atoms with Crippen LogP contribution in [0.25, 0.3) is 0 Å². The Balaban J connectivity index is 2.45. The van der Waals surface area contributed by atoms with E-state index in [1.165, 1.54) is 14.0 Å². The van der Waals surface area contributed by atoms with Crippen LogP contribution < -0.4 is 5.32 Å². The maximum Gasteiger partial charge on any atom is 0.357 e. The zero-order valence-corrected chi connectivity index (χ0v) is 15.9. The Morgan fingerprint density at radius 3 is 2.38 bits per heavy atom. The fraction of sp³-hybridized carbons (Fsp3) is 0.231. The number of aromatic amines is 1. The monoisotopic (exact) mass is 446 g/mol. The first kappa shape index (κ1) is 19.5. The Hall–Kier alpha value is -2.80. The van der Waals surface area contributed by atoms with E-state index in [1.54, 1.807) is 0 Å². The van der Waals surface area contributed by atoms with Crippen molar-refractivity contribution in [2.75, 3.05) is 19.5 Å². The van der Waals surface area contributed by atoms with Crippen molar-refractivity contribution in [3.05, 3.63) is 36.3 Å². The number of nitrogens with one attached hydrogen (secondary N) is 2. The largest absolute Gasteiger partial charge is 0.465 e. The number of nitro groups is 1. The van der Waals surface area contributed by atoms with Crippen LogP contribution >= 0.6 is 27.3 Å². The maximum absolute atomic E-state index is 12.4. The predicted octanol–water partition coefficient (Wildman–Crippen LogP) is 2.28. The molecule has 0 fully saturated rings. The van der Waals surface area contributed by atoms with Gasteiger partial charge in [-0.25, -0.2) is 9.59 Å². The van der Waals surface area contributed by atoms with Crippen LogP contribution in [0.4, 0.5) is 10.8 Å². The summed E-state index contributed by atoms with van der Waals surface area (Å²) in [5.74, 6) is -2.78. The van der Waals surface area contributed by atoms with Crippen LogP contribution in [-0.4, -0.2) is 47.2 Å². The van der Waals surface area contributed by atoms with Gasteiger partial charge in [0.1, 0.15) is 14.4 Å². The summed E-state index contributed by atoms with van der Waals surface area (Å²) in [6.07, 6.45) is 0. The highest BCUT2D eigenvalue weighted by Gasteiger charge is 2.30. The average Bonchev–Trinajstić information content (AvgIpc) is 3.14. The molecule has 2 rings (SSSR count). The van der Waals surface area contributed by atoms with Crippen molar-refractivity contribution >= 4 is 55.9 Å². The average molecular weight is 447 g/mol. The quantitative estimate of drug-likeness (QED) is 0.402. The van der Waals surface area contributed by atoms with E-state index in [0.717, 1.165) is 18.4 Å². The number of H-pyrrole nitrogens is 1. The Kier molecular flexibility index (Phi) is 5.72. The Morgan fingerprint density at radius 2 is 1.88 bits per heavy atom. The zero-order chi connectivity index (χ0) is 19.6. The van der Waals surface area contributed by atoms with E-state index in [-0.39, 0.29) is 31.2 Å². The molecule has 2 N–H and O–H groups in total. The first-order valence-electron chi connectivity index (χ1n) is 6.72. The highest BCUT2D eigenvalue weighted by atomic mass is 79.9. The lowest BCUT2D eigenvalue weighted by atomic mass is 10.1. The minimum atomic E-state index is -0.830. The minimum Gasteiger partial charge on any atom is -0.465 e. The van der Waals surface area contributed by atoms with Crippen molar-refractivity contribution in [3.8, 4) is 0 Å². The number of halogens is 1. The summed E-state index contributed by atoms with van der Waals surface area (Å²) >= 11 is 3.73. The van der Waals surface area contributed by atoms with E-state index in [4.69, 9.17) is 0 Å². The number of methoxy groups -OCH3 is 2. The number of amides is 1. The molecule has 2 heterocycles. The van der Waals surface area contributed by atoms with Gasteiger partial charge in [0.2, 0.25) is 0 Å². The van der Waals surface area contributed by atoms with Crippen molar-refractivity contribution in [2.24, 2.45) is 0 Å². The van der Waals surface area contributed by atoms with Gasteiger partial charge in [0, 0.05) is 0 Å². The molecule has 1 amide bonds. The van der Waals surface area contributed by atoms with E-state index in [1.807, 2.05) is 0 Å². The second kappa shape index (κ2) is 7.61. The van der Waals surface area contributed by atoms with Crippen molar-refractivity contribution in [1.82, 2.24) is 10.2 Å². The summed E-state index contributed by atoms with van der Waals surface area (Å²) in [6.45, 7) is 1.50. The van der Waals surface area contributed by atoms with Crippen LogP contribution in [0.5, 0.6) is 0 Å². The number of hydrogen-bond acceptors (Lipinski definition) is 9. The number of carbonyl (C=O) groups is 3. The molecule has 0 bridgehead atoms. The van der Waals surface area contributed by atoms with Crippen LogP contribution in [0.3, 0.4) is 0 Å². The number of carbonyl (C=O) groups excluding carboxylic acids is 3. The first-order valence-corrected chi connectivity index (χ1v) is 8.33. The molecule has 0 unspecified atom stereocenters. The van der Waals surface area contributed by atoms with E-state index in [0.29, 0.717) is 0 Å². The molecule has 2 aromatic rings. The molecule has 0 radical (unpaired) electrons. The number of anilines is 1. The van der Waals surface area contributed by atoms with E-state index in [9.17, 15) is 24.5 Å². The summed E-state index contributed by atoms with van der Waals surface area (Å²) < 4.78 is 9.17. The van der Waals surface area contributed by atoms with Gasteiger partial charge in [0.05, 0.1) is 19.8 Å². The van der Waals surface area contributed by atoms with E-state index in [2.05, 4.69) is 40.9 Å². The molecule has 138 valence electrons. The molecular weight excluding hydrogens is 436 g/mol. The number of hydrogen-bond donors (Lipinski definition) is 2. The topological polar surface area (TPSA) is 154 Å². The van der Waals surface area contributed by atoms with Crippen molar-refractivity contribution in [2.45, 2.75) is 6.92 Å². The standard InChI is InChI=1S/C13H11BrN4O7S/c1-4-5(12(20)24-2)11(26-8(4)13(21)25-3)15-10(19)7-6(14)9(17-16-7)18(22)23/h1-3H3,(H,15,19)(H,16,17). The number of ether oxygens (including phenoxy) is 2. The van der Waals surface area contributed by atoms with Gasteiger partial charge in [-0.05, 0) is 33.3 Å². The van der Waals surface area contributed by atoms with Crippen molar-refractivity contribution < 1.29 is 28.8 Å². The third kappa shape index (κ3) is 3.43. The molecule has 13 heteroatoms. The molecule has 0 aliphatic carbocycles. The highest BCUT2D eigenvalue weighted by molar-refractivity contribution is 9.10. The van der Waals surface area contributed by atoms with Crippen molar-refractivity contribution in [1.29, 1.82) is 0 Å². The lowest BCUT2D eigenvalue weighted by molar-refractivity contribution is -0.390. The van der Waals surface area contributed by atoms with Crippen molar-refractivity contribution in [3.63, 3.8) is 0 Å². The normalized spacial score (nSPS) is 10.3. The fourth-order valence-corrected chi connectivity index (χ4v) is 3.60. The van der Waals surface area contributed by atoms with Gasteiger partial charge in [-0.1, -0.05) is 5.10 Å². The molecule has 11 nitrogen and oxygen atoms in total. The van der Waals surface area contributed by atoms with Gasteiger partial charge in [-0.2, -0.15) is 0 Å². The molecule has 0 spiro atoms. The molecule has 26 heavy (non-hydrogen) atoms. The molecular formula is C13H11BrN4O7S. The Bertz CT molecular complexity index is 920. The van der Waals surface area contributed by atoms with Crippen LogP contribution in [0.2, 0.25) is 0 Å². The number of thiophene rings is 1. The summed E-state index contributed by atoms with van der Waals surface area (Å²) in [6, 6.07) is 0. The Morgan fingerprint density at radius 1 is 1.27 bits per heavy atom. The molecule has 0 aliphatic rings. The molecule has 0 aromatic carbocycles. The van der Waals surface area contributed by atoms with E-state index >= 15 is 0 Å². The second-order valence-corrected chi connectivity index (χ2v) is 6.50. The van der Waals surface area contributed by atoms with Gasteiger partial charge < -0.3 is 24.9 Å². The SMILES string of the molecule is COC(=O)c1sc(NC(=O)c2n[nH]c([N+](=O)[O-])c2Br)c(C(=O)OC)c1C. The molecule has 0 atom stereocenters. The van der Waals surface area contributed by atoms with Crippen LogP contribution in [0.15, 0.2) is 4.47 Å². The van der Waals surface area contributed by atoms with E-state index < -0.39 is 28.6 Å². The number of nitrogens with zero attached hydrogens (tertiary/aromatic N) is 2. The number of esters is 2. The molecule has 2 aromatic heterocycles. The van der Waals surface area contributed by atoms with Crippen LogP contribution in [-0.2, 0) is 9.47 Å². The van der Waals surface area contributed by atoms with Gasteiger partial charge in [-0.15, -0.1) is 16.4 Å². The van der Waals surface area contributed by atoms with Gasteiger partial charge in [0.25, 0.3) is 5.91 Å². The van der Waals surface area contributed by atoms with Gasteiger partial charge in [0.15, 0.2) is 5.69 Å². The van der Waals surface area contributed by atoms with Crippen LogP contribution in [0, 0.1) is 17.0 Å². The highest BCUT2D eigenvalue weighted by Crippen LogP contribution is 2.35. The first-order chi connectivity index (χ1) is 12.2. The lowest BCUT2D eigenvalue weighted by Gasteiger charge is -2.04. The lowest BCUT2D eigenvalue weighted by Crippen LogP contribution is -2.15. The predicted molar refractivity (Wildman–Crippen MR) is 92.6 cm³/mol.